The molecular weight excluding hydrogens is 164 g/mol. The van der Waals surface area contributed by atoms with Crippen LogP contribution in [-0.2, 0) is 4.74 Å². The Hall–Kier alpha value is -0.0800. The van der Waals surface area contributed by atoms with Gasteiger partial charge in [-0.25, -0.2) is 0 Å². The lowest BCUT2D eigenvalue weighted by Gasteiger charge is -2.42. The standard InChI is InChI=1S/C11H22O2/c1-7-6-9(11(3,4)5)13-8(2)10(7)12/h7-10,12H,6H2,1-5H3/t7-,8?,9+,10?/m0/s1. The summed E-state index contributed by atoms with van der Waals surface area (Å²) in [5, 5.41) is 9.70. The highest BCUT2D eigenvalue weighted by atomic mass is 16.5. The van der Waals surface area contributed by atoms with Crippen LogP contribution in [0.4, 0.5) is 0 Å². The zero-order chi connectivity index (χ0) is 10.2. The molecule has 0 spiro atoms. The fraction of sp³-hybridized carbons (Fsp3) is 1.00. The summed E-state index contributed by atoms with van der Waals surface area (Å²) in [4.78, 5) is 0. The summed E-state index contributed by atoms with van der Waals surface area (Å²) in [6.07, 6.45) is 0.933. The number of ether oxygens (including phenoxy) is 1. The van der Waals surface area contributed by atoms with Crippen LogP contribution in [0.1, 0.15) is 41.0 Å². The Morgan fingerprint density at radius 1 is 1.23 bits per heavy atom. The Balaban J connectivity index is 2.64. The van der Waals surface area contributed by atoms with Gasteiger partial charge in [0.1, 0.15) is 0 Å². The van der Waals surface area contributed by atoms with Gasteiger partial charge in [-0.3, -0.25) is 0 Å². The third-order valence-corrected chi connectivity index (χ3v) is 2.99. The molecule has 1 heterocycles. The first-order valence-corrected chi connectivity index (χ1v) is 5.16. The molecule has 1 fully saturated rings. The van der Waals surface area contributed by atoms with Crippen molar-refractivity contribution >= 4 is 0 Å². The van der Waals surface area contributed by atoms with Crippen molar-refractivity contribution in [1.82, 2.24) is 0 Å². The summed E-state index contributed by atoms with van der Waals surface area (Å²) in [7, 11) is 0. The molecular formula is C11H22O2. The maximum Gasteiger partial charge on any atom is 0.0825 e. The van der Waals surface area contributed by atoms with Gasteiger partial charge in [0.15, 0.2) is 0 Å². The van der Waals surface area contributed by atoms with Crippen molar-refractivity contribution in [2.24, 2.45) is 11.3 Å². The van der Waals surface area contributed by atoms with E-state index >= 15 is 0 Å². The predicted molar refractivity (Wildman–Crippen MR) is 53.6 cm³/mol. The number of aliphatic hydroxyl groups is 1. The van der Waals surface area contributed by atoms with E-state index in [9.17, 15) is 5.11 Å². The van der Waals surface area contributed by atoms with Crippen LogP contribution in [0.5, 0.6) is 0 Å². The lowest BCUT2D eigenvalue weighted by Crippen LogP contribution is -2.46. The van der Waals surface area contributed by atoms with Gasteiger partial charge in [-0.1, -0.05) is 27.7 Å². The predicted octanol–water partition coefficient (Wildman–Crippen LogP) is 2.21. The van der Waals surface area contributed by atoms with Crippen LogP contribution in [0.25, 0.3) is 0 Å². The molecule has 2 nitrogen and oxygen atoms in total. The molecule has 4 atom stereocenters. The molecule has 1 aliphatic rings. The minimum atomic E-state index is -0.293. The molecule has 78 valence electrons. The first-order chi connectivity index (χ1) is 5.82. The number of aliphatic hydroxyl groups excluding tert-OH is 1. The Bertz CT molecular complexity index is 159. The van der Waals surface area contributed by atoms with Crippen LogP contribution in [0.3, 0.4) is 0 Å². The quantitative estimate of drug-likeness (QED) is 0.628. The molecule has 1 aliphatic heterocycles. The Morgan fingerprint density at radius 3 is 2.15 bits per heavy atom. The molecule has 1 rings (SSSR count). The van der Waals surface area contributed by atoms with Crippen LogP contribution in [0, 0.1) is 11.3 Å². The minimum Gasteiger partial charge on any atom is -0.390 e. The van der Waals surface area contributed by atoms with E-state index in [0.29, 0.717) is 5.92 Å². The van der Waals surface area contributed by atoms with E-state index in [1.807, 2.05) is 6.92 Å². The van der Waals surface area contributed by atoms with E-state index in [0.717, 1.165) is 6.42 Å². The first-order valence-electron chi connectivity index (χ1n) is 5.16. The molecule has 1 saturated heterocycles. The SMILES string of the molecule is CC1O[C@@H](C(C)(C)C)C[C@H](C)C1O. The monoisotopic (exact) mass is 186 g/mol. The Kier molecular flexibility index (Phi) is 3.03. The molecule has 1 N–H and O–H groups in total. The highest BCUT2D eigenvalue weighted by molar-refractivity contribution is 4.86. The second kappa shape index (κ2) is 3.58. The van der Waals surface area contributed by atoms with E-state index in [-0.39, 0.29) is 23.7 Å². The zero-order valence-corrected chi connectivity index (χ0v) is 9.37. The molecule has 0 aromatic heterocycles. The molecule has 13 heavy (non-hydrogen) atoms. The fourth-order valence-electron chi connectivity index (χ4n) is 1.89. The van der Waals surface area contributed by atoms with E-state index < -0.39 is 0 Å². The van der Waals surface area contributed by atoms with Crippen molar-refractivity contribution in [3.05, 3.63) is 0 Å². The highest BCUT2D eigenvalue weighted by Crippen LogP contribution is 2.34. The van der Waals surface area contributed by atoms with Crippen molar-refractivity contribution in [3.8, 4) is 0 Å². The largest absolute Gasteiger partial charge is 0.390 e. The molecule has 0 bridgehead atoms. The average molecular weight is 186 g/mol. The van der Waals surface area contributed by atoms with E-state index in [4.69, 9.17) is 4.74 Å². The molecule has 2 heteroatoms. The van der Waals surface area contributed by atoms with Gasteiger partial charge in [-0.15, -0.1) is 0 Å². The topological polar surface area (TPSA) is 29.5 Å². The van der Waals surface area contributed by atoms with E-state index in [1.54, 1.807) is 0 Å². The fourth-order valence-corrected chi connectivity index (χ4v) is 1.89. The van der Waals surface area contributed by atoms with Crippen molar-refractivity contribution in [2.75, 3.05) is 0 Å². The third-order valence-electron chi connectivity index (χ3n) is 2.99. The summed E-state index contributed by atoms with van der Waals surface area (Å²) in [6.45, 7) is 10.6. The van der Waals surface area contributed by atoms with Gasteiger partial charge >= 0.3 is 0 Å². The molecule has 0 aromatic carbocycles. The number of rotatable bonds is 0. The van der Waals surface area contributed by atoms with Crippen molar-refractivity contribution in [2.45, 2.75) is 59.4 Å². The Morgan fingerprint density at radius 2 is 1.77 bits per heavy atom. The normalized spacial score (nSPS) is 42.0. The minimum absolute atomic E-state index is 0.0204. The molecule has 0 radical (unpaired) electrons. The van der Waals surface area contributed by atoms with Crippen molar-refractivity contribution in [1.29, 1.82) is 0 Å². The number of hydrogen-bond acceptors (Lipinski definition) is 2. The maximum absolute atomic E-state index is 9.70. The zero-order valence-electron chi connectivity index (χ0n) is 9.37. The summed E-state index contributed by atoms with van der Waals surface area (Å²) in [6, 6.07) is 0. The number of hydrogen-bond donors (Lipinski definition) is 1. The molecule has 0 aromatic rings. The average Bonchev–Trinajstić information content (AvgIpc) is 1.97. The van der Waals surface area contributed by atoms with Crippen LogP contribution < -0.4 is 0 Å². The van der Waals surface area contributed by atoms with Gasteiger partial charge in [0.25, 0.3) is 0 Å². The summed E-state index contributed by atoms with van der Waals surface area (Å²) in [5.74, 6) is 0.355. The van der Waals surface area contributed by atoms with Gasteiger partial charge in [0.05, 0.1) is 18.3 Å². The van der Waals surface area contributed by atoms with Crippen LogP contribution >= 0.6 is 0 Å². The van der Waals surface area contributed by atoms with Gasteiger partial charge in [0.2, 0.25) is 0 Å². The molecule has 0 amide bonds. The summed E-state index contributed by atoms with van der Waals surface area (Å²) in [5.41, 5.74) is 0.183. The lowest BCUT2D eigenvalue weighted by atomic mass is 9.79. The van der Waals surface area contributed by atoms with E-state index in [2.05, 4.69) is 27.7 Å². The second-order valence-corrected chi connectivity index (χ2v) is 5.40. The molecule has 2 unspecified atom stereocenters. The van der Waals surface area contributed by atoms with Gasteiger partial charge in [-0.05, 0) is 24.7 Å². The van der Waals surface area contributed by atoms with Gasteiger partial charge in [-0.2, -0.15) is 0 Å². The van der Waals surface area contributed by atoms with E-state index in [1.165, 1.54) is 0 Å². The van der Waals surface area contributed by atoms with Crippen molar-refractivity contribution in [3.63, 3.8) is 0 Å². The summed E-state index contributed by atoms with van der Waals surface area (Å²) < 4.78 is 5.78. The first kappa shape index (κ1) is 11.0. The van der Waals surface area contributed by atoms with Crippen LogP contribution in [0.15, 0.2) is 0 Å². The third kappa shape index (κ3) is 2.44. The summed E-state index contributed by atoms with van der Waals surface area (Å²) >= 11 is 0. The van der Waals surface area contributed by atoms with Gasteiger partial charge < -0.3 is 9.84 Å². The van der Waals surface area contributed by atoms with Crippen LogP contribution in [-0.4, -0.2) is 23.4 Å². The maximum atomic E-state index is 9.70. The molecule has 0 aliphatic carbocycles. The Labute approximate surface area is 81.3 Å². The van der Waals surface area contributed by atoms with Gasteiger partial charge in [0, 0.05) is 0 Å². The second-order valence-electron chi connectivity index (χ2n) is 5.40. The highest BCUT2D eigenvalue weighted by Gasteiger charge is 2.37. The molecule has 0 saturated carbocycles. The smallest absolute Gasteiger partial charge is 0.0825 e. The lowest BCUT2D eigenvalue weighted by molar-refractivity contribution is -0.163. The van der Waals surface area contributed by atoms with Crippen LogP contribution in [0.2, 0.25) is 0 Å². The van der Waals surface area contributed by atoms with Crippen molar-refractivity contribution < 1.29 is 9.84 Å².